The van der Waals surface area contributed by atoms with Crippen molar-refractivity contribution in [2.45, 2.75) is 26.2 Å². The number of carbonyl (C=O) groups excluding carboxylic acids is 2. The molecule has 0 aliphatic carbocycles. The molecule has 5 rings (SSSR count). The van der Waals surface area contributed by atoms with E-state index < -0.39 is 0 Å². The Bertz CT molecular complexity index is 1410. The van der Waals surface area contributed by atoms with E-state index in [1.54, 1.807) is 12.1 Å². The van der Waals surface area contributed by atoms with Crippen molar-refractivity contribution < 1.29 is 9.59 Å². The Morgan fingerprint density at radius 1 is 0.788 bits per heavy atom. The highest BCUT2D eigenvalue weighted by Crippen LogP contribution is 2.39. The number of rotatable bonds is 2. The molecule has 0 spiro atoms. The van der Waals surface area contributed by atoms with Crippen molar-refractivity contribution in [2.75, 3.05) is 4.90 Å². The molecular weight excluding hydrogens is 498 g/mol. The van der Waals surface area contributed by atoms with Gasteiger partial charge in [0.15, 0.2) is 0 Å². The molecule has 1 aliphatic rings. The predicted molar refractivity (Wildman–Crippen MR) is 138 cm³/mol. The van der Waals surface area contributed by atoms with E-state index in [0.29, 0.717) is 27.2 Å². The Labute approximate surface area is 206 Å². The lowest BCUT2D eigenvalue weighted by Gasteiger charge is -2.28. The van der Waals surface area contributed by atoms with Gasteiger partial charge in [-0.1, -0.05) is 78.6 Å². The summed E-state index contributed by atoms with van der Waals surface area (Å²) in [5.74, 6) is -0.628. The van der Waals surface area contributed by atoms with E-state index in [0.717, 1.165) is 26.5 Å². The first-order valence-electron chi connectivity index (χ1n) is 10.7. The van der Waals surface area contributed by atoms with Crippen LogP contribution in [-0.2, 0) is 5.41 Å². The van der Waals surface area contributed by atoms with Crippen LogP contribution in [0.2, 0.25) is 5.02 Å². The summed E-state index contributed by atoms with van der Waals surface area (Å²) >= 11 is 9.78. The first kappa shape index (κ1) is 21.9. The van der Waals surface area contributed by atoms with E-state index in [1.807, 2.05) is 60.7 Å². The topological polar surface area (TPSA) is 37.4 Å². The maximum absolute atomic E-state index is 13.5. The average molecular weight is 519 g/mol. The first-order valence-corrected chi connectivity index (χ1v) is 11.8. The third-order valence-electron chi connectivity index (χ3n) is 6.07. The molecule has 0 aromatic heterocycles. The van der Waals surface area contributed by atoms with Crippen molar-refractivity contribution in [3.63, 3.8) is 0 Å². The van der Waals surface area contributed by atoms with Gasteiger partial charge in [-0.05, 0) is 70.0 Å². The van der Waals surface area contributed by atoms with Gasteiger partial charge in [0.05, 0.1) is 5.69 Å². The third kappa shape index (κ3) is 3.68. The minimum Gasteiger partial charge on any atom is -0.268 e. The Hall–Kier alpha value is -2.95. The fourth-order valence-corrected chi connectivity index (χ4v) is 5.26. The van der Waals surface area contributed by atoms with Gasteiger partial charge in [-0.2, -0.15) is 0 Å². The molecule has 5 heteroatoms. The Morgan fingerprint density at radius 3 is 2.06 bits per heavy atom. The summed E-state index contributed by atoms with van der Waals surface area (Å²) in [5, 5.41) is 2.14. The molecule has 0 unspecified atom stereocenters. The zero-order valence-corrected chi connectivity index (χ0v) is 20.8. The summed E-state index contributed by atoms with van der Waals surface area (Å²) in [6.07, 6.45) is 0. The van der Waals surface area contributed by atoms with Gasteiger partial charge in [-0.3, -0.25) is 9.59 Å². The van der Waals surface area contributed by atoms with Gasteiger partial charge in [0.1, 0.15) is 0 Å². The fraction of sp³-hybridized carbons (Fsp3) is 0.143. The van der Waals surface area contributed by atoms with Crippen LogP contribution in [0, 0.1) is 0 Å². The Morgan fingerprint density at radius 2 is 1.42 bits per heavy atom. The number of carbonyl (C=O) groups is 2. The zero-order valence-electron chi connectivity index (χ0n) is 18.4. The quantitative estimate of drug-likeness (QED) is 0.252. The third-order valence-corrected chi connectivity index (χ3v) is 6.75. The van der Waals surface area contributed by atoms with Crippen LogP contribution in [0.15, 0.2) is 77.3 Å². The van der Waals surface area contributed by atoms with E-state index in [2.05, 4.69) is 36.7 Å². The van der Waals surface area contributed by atoms with Crippen molar-refractivity contribution >= 4 is 55.8 Å². The Kier molecular flexibility index (Phi) is 5.19. The molecule has 0 bridgehead atoms. The number of benzene rings is 4. The van der Waals surface area contributed by atoms with E-state index in [9.17, 15) is 9.59 Å². The van der Waals surface area contributed by atoms with Crippen LogP contribution in [0.3, 0.4) is 0 Å². The molecule has 1 heterocycles. The zero-order chi connectivity index (χ0) is 23.5. The number of nitrogens with zero attached hydrogens (tertiary/aromatic N) is 1. The second kappa shape index (κ2) is 7.82. The van der Waals surface area contributed by atoms with Crippen LogP contribution in [0.25, 0.3) is 21.9 Å². The molecule has 0 N–H and O–H groups in total. The van der Waals surface area contributed by atoms with Crippen molar-refractivity contribution in [3.05, 3.63) is 99.0 Å². The smallest absolute Gasteiger partial charge is 0.265 e. The highest BCUT2D eigenvalue weighted by Gasteiger charge is 2.34. The van der Waals surface area contributed by atoms with Gasteiger partial charge >= 0.3 is 0 Å². The molecule has 0 saturated carbocycles. The molecule has 2 amide bonds. The van der Waals surface area contributed by atoms with Gasteiger partial charge in [0, 0.05) is 26.0 Å². The van der Waals surface area contributed by atoms with Crippen LogP contribution in [-0.4, -0.2) is 11.8 Å². The lowest BCUT2D eigenvalue weighted by atomic mass is 9.86. The van der Waals surface area contributed by atoms with Crippen LogP contribution < -0.4 is 4.90 Å². The van der Waals surface area contributed by atoms with E-state index in [4.69, 9.17) is 11.6 Å². The van der Waals surface area contributed by atoms with Gasteiger partial charge in [0.2, 0.25) is 0 Å². The van der Waals surface area contributed by atoms with Gasteiger partial charge < -0.3 is 0 Å². The minimum absolute atomic E-state index is 0.0155. The molecule has 33 heavy (non-hydrogen) atoms. The molecule has 0 saturated heterocycles. The second-order valence-electron chi connectivity index (χ2n) is 9.29. The standard InChI is InChI=1S/C28H21BrClNO2/c1-28(2,3)17-7-9-20(10-8-17)31-26(32)23-6-4-5-22-21(11-12-24(25(22)23)27(31)33)16-13-18(29)15-19(30)14-16/h4-15H,1-3H3. The van der Waals surface area contributed by atoms with Crippen molar-refractivity contribution in [2.24, 2.45) is 0 Å². The lowest BCUT2D eigenvalue weighted by molar-refractivity contribution is 0.0893. The monoisotopic (exact) mass is 517 g/mol. The van der Waals surface area contributed by atoms with Crippen molar-refractivity contribution in [3.8, 4) is 11.1 Å². The maximum Gasteiger partial charge on any atom is 0.265 e. The predicted octanol–water partition coefficient (Wildman–Crippen LogP) is 8.02. The molecule has 164 valence electrons. The van der Waals surface area contributed by atoms with Gasteiger partial charge in [0.25, 0.3) is 11.8 Å². The molecule has 4 aromatic carbocycles. The van der Waals surface area contributed by atoms with Crippen LogP contribution in [0.4, 0.5) is 5.69 Å². The average Bonchev–Trinajstić information content (AvgIpc) is 2.76. The highest BCUT2D eigenvalue weighted by molar-refractivity contribution is 9.10. The SMILES string of the molecule is CC(C)(C)c1ccc(N2C(=O)c3cccc4c(-c5cc(Cl)cc(Br)c5)ccc(c34)C2=O)cc1. The molecular formula is C28H21BrClNO2. The number of anilines is 1. The summed E-state index contributed by atoms with van der Waals surface area (Å²) in [4.78, 5) is 28.3. The number of amides is 2. The van der Waals surface area contributed by atoms with Gasteiger partial charge in [-0.25, -0.2) is 4.90 Å². The number of hydrogen-bond acceptors (Lipinski definition) is 2. The highest BCUT2D eigenvalue weighted by atomic mass is 79.9. The Balaban J connectivity index is 1.66. The largest absolute Gasteiger partial charge is 0.268 e. The van der Waals surface area contributed by atoms with Crippen molar-refractivity contribution in [1.82, 2.24) is 0 Å². The second-order valence-corrected chi connectivity index (χ2v) is 10.6. The van der Waals surface area contributed by atoms with Crippen LogP contribution in [0.1, 0.15) is 47.1 Å². The summed E-state index contributed by atoms with van der Waals surface area (Å²) in [6.45, 7) is 6.39. The summed E-state index contributed by atoms with van der Waals surface area (Å²) < 4.78 is 0.863. The summed E-state index contributed by atoms with van der Waals surface area (Å²) in [6, 6.07) is 22.7. The van der Waals surface area contributed by atoms with E-state index in [-0.39, 0.29) is 17.2 Å². The molecule has 4 aromatic rings. The molecule has 3 nitrogen and oxygen atoms in total. The minimum atomic E-state index is -0.314. The number of imide groups is 1. The lowest BCUT2D eigenvalue weighted by Crippen LogP contribution is -2.40. The number of hydrogen-bond donors (Lipinski definition) is 0. The molecule has 0 fully saturated rings. The van der Waals surface area contributed by atoms with E-state index in [1.165, 1.54) is 4.90 Å². The molecule has 0 radical (unpaired) electrons. The molecule has 1 aliphatic heterocycles. The van der Waals surface area contributed by atoms with Gasteiger partial charge in [-0.15, -0.1) is 0 Å². The van der Waals surface area contributed by atoms with Crippen LogP contribution in [0.5, 0.6) is 0 Å². The first-order chi connectivity index (χ1) is 15.6. The maximum atomic E-state index is 13.5. The number of halogens is 2. The van der Waals surface area contributed by atoms with Crippen LogP contribution >= 0.6 is 27.5 Å². The summed E-state index contributed by atoms with van der Waals surface area (Å²) in [5.41, 5.74) is 4.57. The van der Waals surface area contributed by atoms with E-state index >= 15 is 0 Å². The summed E-state index contributed by atoms with van der Waals surface area (Å²) in [7, 11) is 0. The van der Waals surface area contributed by atoms with Crippen molar-refractivity contribution in [1.29, 1.82) is 0 Å². The fourth-order valence-electron chi connectivity index (χ4n) is 4.40. The molecule has 0 atom stereocenters. The normalized spacial score (nSPS) is 13.7.